The lowest BCUT2D eigenvalue weighted by Gasteiger charge is -2.31. The van der Waals surface area contributed by atoms with Gasteiger partial charge in [-0.1, -0.05) is 0 Å². The van der Waals surface area contributed by atoms with E-state index in [0.29, 0.717) is 0 Å². The molecule has 15 heavy (non-hydrogen) atoms. The number of nitrogens with one attached hydrogen (secondary N) is 1. The number of alkyl carbamates (subject to hydrolysis) is 1. The molecule has 0 aromatic heterocycles. The summed E-state index contributed by atoms with van der Waals surface area (Å²) in [7, 11) is 2.07. The molecule has 0 radical (unpaired) electrons. The Kier molecular flexibility index (Phi) is 3.97. The van der Waals surface area contributed by atoms with Crippen molar-refractivity contribution in [1.82, 2.24) is 10.2 Å². The Balaban J connectivity index is 2.31. The van der Waals surface area contributed by atoms with Gasteiger partial charge in [-0.05, 0) is 47.2 Å². The van der Waals surface area contributed by atoms with Gasteiger partial charge in [0.1, 0.15) is 5.60 Å². The largest absolute Gasteiger partial charge is 0.444 e. The van der Waals surface area contributed by atoms with Crippen molar-refractivity contribution in [2.24, 2.45) is 0 Å². The van der Waals surface area contributed by atoms with Crippen LogP contribution in [-0.2, 0) is 4.74 Å². The second-order valence-electron chi connectivity index (χ2n) is 5.25. The number of hydrogen-bond acceptors (Lipinski definition) is 3. The molecule has 0 bridgehead atoms. The molecular formula is C11H22N2O2. The van der Waals surface area contributed by atoms with Crippen molar-refractivity contribution in [2.75, 3.05) is 20.1 Å². The summed E-state index contributed by atoms with van der Waals surface area (Å²) in [6.45, 7) is 7.66. The predicted molar refractivity (Wildman–Crippen MR) is 59.9 cm³/mol. The van der Waals surface area contributed by atoms with Crippen LogP contribution in [0.4, 0.5) is 4.79 Å². The third-order valence-electron chi connectivity index (χ3n) is 2.35. The van der Waals surface area contributed by atoms with Gasteiger partial charge in [-0.25, -0.2) is 4.79 Å². The summed E-state index contributed by atoms with van der Waals surface area (Å²) >= 11 is 0. The van der Waals surface area contributed by atoms with E-state index in [-0.39, 0.29) is 12.1 Å². The maximum atomic E-state index is 11.5. The first kappa shape index (κ1) is 12.3. The molecule has 1 saturated heterocycles. The van der Waals surface area contributed by atoms with E-state index in [4.69, 9.17) is 4.74 Å². The van der Waals surface area contributed by atoms with Crippen molar-refractivity contribution in [3.05, 3.63) is 0 Å². The third kappa shape index (κ3) is 5.02. The van der Waals surface area contributed by atoms with E-state index in [1.54, 1.807) is 0 Å². The van der Waals surface area contributed by atoms with Gasteiger partial charge in [0.25, 0.3) is 0 Å². The van der Waals surface area contributed by atoms with E-state index >= 15 is 0 Å². The molecule has 1 aliphatic rings. The van der Waals surface area contributed by atoms with Crippen LogP contribution in [0.25, 0.3) is 0 Å². The minimum absolute atomic E-state index is 0.235. The van der Waals surface area contributed by atoms with Gasteiger partial charge in [-0.3, -0.25) is 0 Å². The average Bonchev–Trinajstić information content (AvgIpc) is 1.99. The summed E-state index contributed by atoms with van der Waals surface area (Å²) in [5.41, 5.74) is -0.412. The molecule has 1 rings (SSSR count). The van der Waals surface area contributed by atoms with Crippen molar-refractivity contribution in [3.63, 3.8) is 0 Å². The fraction of sp³-hybridized carbons (Fsp3) is 0.909. The van der Waals surface area contributed by atoms with Crippen LogP contribution in [0.5, 0.6) is 0 Å². The van der Waals surface area contributed by atoms with E-state index < -0.39 is 5.60 Å². The summed E-state index contributed by atoms with van der Waals surface area (Å²) in [4.78, 5) is 13.7. The molecule has 1 unspecified atom stereocenters. The first-order valence-corrected chi connectivity index (χ1v) is 5.55. The van der Waals surface area contributed by atoms with Crippen LogP contribution < -0.4 is 5.32 Å². The van der Waals surface area contributed by atoms with E-state index in [2.05, 4.69) is 17.3 Å². The van der Waals surface area contributed by atoms with Gasteiger partial charge < -0.3 is 15.0 Å². The first-order valence-electron chi connectivity index (χ1n) is 5.55. The average molecular weight is 214 g/mol. The minimum Gasteiger partial charge on any atom is -0.444 e. The highest BCUT2D eigenvalue weighted by Gasteiger charge is 2.22. The molecule has 0 aromatic carbocycles. The number of rotatable bonds is 1. The number of piperidine rings is 1. The van der Waals surface area contributed by atoms with Crippen LogP contribution in [0.15, 0.2) is 0 Å². The molecule has 1 amide bonds. The van der Waals surface area contributed by atoms with Crippen LogP contribution in [0, 0.1) is 0 Å². The highest BCUT2D eigenvalue weighted by molar-refractivity contribution is 5.68. The Morgan fingerprint density at radius 2 is 2.13 bits per heavy atom. The number of amides is 1. The molecule has 0 spiro atoms. The molecule has 1 aliphatic heterocycles. The molecule has 1 N–H and O–H groups in total. The quantitative estimate of drug-likeness (QED) is 0.721. The van der Waals surface area contributed by atoms with Gasteiger partial charge in [0.15, 0.2) is 0 Å². The summed E-state index contributed by atoms with van der Waals surface area (Å²) in [6, 6.07) is 0.235. The zero-order valence-corrected chi connectivity index (χ0v) is 10.2. The molecule has 1 atom stereocenters. The SMILES string of the molecule is CN1CCCC(NC(=O)OC(C)(C)C)C1. The van der Waals surface area contributed by atoms with E-state index in [0.717, 1.165) is 25.9 Å². The topological polar surface area (TPSA) is 41.6 Å². The maximum Gasteiger partial charge on any atom is 0.407 e. The number of carbonyl (C=O) groups excluding carboxylic acids is 1. The molecule has 0 aliphatic carbocycles. The van der Waals surface area contributed by atoms with Crippen LogP contribution in [0.2, 0.25) is 0 Å². The Hall–Kier alpha value is -0.770. The first-order chi connectivity index (χ1) is 6.87. The smallest absolute Gasteiger partial charge is 0.407 e. The predicted octanol–water partition coefficient (Wildman–Crippen LogP) is 1.61. The third-order valence-corrected chi connectivity index (χ3v) is 2.35. The minimum atomic E-state index is -0.412. The molecule has 0 aromatic rings. The zero-order valence-electron chi connectivity index (χ0n) is 10.2. The normalized spacial score (nSPS) is 23.6. The summed E-state index contributed by atoms with van der Waals surface area (Å²) in [5.74, 6) is 0. The van der Waals surface area contributed by atoms with Gasteiger partial charge in [0, 0.05) is 12.6 Å². The van der Waals surface area contributed by atoms with E-state index in [9.17, 15) is 4.79 Å². The summed E-state index contributed by atoms with van der Waals surface area (Å²) in [5, 5.41) is 2.90. The standard InChI is InChI=1S/C11H22N2O2/c1-11(2,3)15-10(14)12-9-6-5-7-13(4)8-9/h9H,5-8H2,1-4H3,(H,12,14). The van der Waals surface area contributed by atoms with E-state index in [1.807, 2.05) is 20.8 Å². The number of likely N-dealkylation sites (N-methyl/N-ethyl adjacent to an activating group) is 1. The van der Waals surface area contributed by atoms with E-state index in [1.165, 1.54) is 0 Å². The lowest BCUT2D eigenvalue weighted by atomic mass is 10.1. The fourth-order valence-electron chi connectivity index (χ4n) is 1.76. The van der Waals surface area contributed by atoms with Crippen LogP contribution >= 0.6 is 0 Å². The van der Waals surface area contributed by atoms with Gasteiger partial charge in [0.2, 0.25) is 0 Å². The second kappa shape index (κ2) is 4.84. The van der Waals surface area contributed by atoms with Gasteiger partial charge in [0.05, 0.1) is 0 Å². The van der Waals surface area contributed by atoms with Crippen LogP contribution in [0.3, 0.4) is 0 Å². The van der Waals surface area contributed by atoms with Crippen LogP contribution in [-0.4, -0.2) is 42.8 Å². The second-order valence-corrected chi connectivity index (χ2v) is 5.25. The van der Waals surface area contributed by atoms with Crippen molar-refractivity contribution >= 4 is 6.09 Å². The maximum absolute atomic E-state index is 11.5. The van der Waals surface area contributed by atoms with Crippen molar-refractivity contribution in [2.45, 2.75) is 45.3 Å². The number of carbonyl (C=O) groups is 1. The molecule has 1 fully saturated rings. The monoisotopic (exact) mass is 214 g/mol. The fourth-order valence-corrected chi connectivity index (χ4v) is 1.76. The van der Waals surface area contributed by atoms with Gasteiger partial charge >= 0.3 is 6.09 Å². The molecule has 88 valence electrons. The number of hydrogen-bond donors (Lipinski definition) is 1. The summed E-state index contributed by atoms with van der Waals surface area (Å²) in [6.07, 6.45) is 1.88. The Bertz CT molecular complexity index is 223. The Morgan fingerprint density at radius 3 is 2.67 bits per heavy atom. The van der Waals surface area contributed by atoms with Crippen molar-refractivity contribution in [3.8, 4) is 0 Å². The van der Waals surface area contributed by atoms with Gasteiger partial charge in [-0.2, -0.15) is 0 Å². The molecule has 1 heterocycles. The van der Waals surface area contributed by atoms with Crippen molar-refractivity contribution in [1.29, 1.82) is 0 Å². The molecule has 4 nitrogen and oxygen atoms in total. The van der Waals surface area contributed by atoms with Crippen LogP contribution in [0.1, 0.15) is 33.6 Å². The summed E-state index contributed by atoms with van der Waals surface area (Å²) < 4.78 is 5.21. The highest BCUT2D eigenvalue weighted by atomic mass is 16.6. The highest BCUT2D eigenvalue weighted by Crippen LogP contribution is 2.10. The van der Waals surface area contributed by atoms with Crippen molar-refractivity contribution < 1.29 is 9.53 Å². The lowest BCUT2D eigenvalue weighted by Crippen LogP contribution is -2.47. The Labute approximate surface area is 92.0 Å². The van der Waals surface area contributed by atoms with Gasteiger partial charge in [-0.15, -0.1) is 0 Å². The number of likely N-dealkylation sites (tertiary alicyclic amines) is 1. The number of ether oxygens (including phenoxy) is 1. The Morgan fingerprint density at radius 1 is 1.47 bits per heavy atom. The number of nitrogens with zero attached hydrogens (tertiary/aromatic N) is 1. The zero-order chi connectivity index (χ0) is 11.5. The molecular weight excluding hydrogens is 192 g/mol. The molecule has 4 heteroatoms. The lowest BCUT2D eigenvalue weighted by molar-refractivity contribution is 0.0479. The molecule has 0 saturated carbocycles.